The lowest BCUT2D eigenvalue weighted by atomic mass is 9.89. The van der Waals surface area contributed by atoms with E-state index in [1.165, 1.54) is 4.90 Å². The maximum absolute atomic E-state index is 12.5. The summed E-state index contributed by atoms with van der Waals surface area (Å²) in [6.45, 7) is 5.80. The first-order chi connectivity index (χ1) is 13.7. The monoisotopic (exact) mass is 405 g/mol. The predicted octanol–water partition coefficient (Wildman–Crippen LogP) is 4.05. The van der Waals surface area contributed by atoms with Crippen molar-refractivity contribution in [3.8, 4) is 11.5 Å². The van der Waals surface area contributed by atoms with Crippen molar-refractivity contribution in [2.75, 3.05) is 20.2 Å². The van der Waals surface area contributed by atoms with Gasteiger partial charge in [0.25, 0.3) is 0 Å². The van der Waals surface area contributed by atoms with E-state index in [0.717, 1.165) is 31.2 Å². The summed E-state index contributed by atoms with van der Waals surface area (Å²) in [5.41, 5.74) is 0.202. The highest BCUT2D eigenvalue weighted by Crippen LogP contribution is 2.39. The molecule has 0 spiro atoms. The van der Waals surface area contributed by atoms with Gasteiger partial charge in [-0.2, -0.15) is 0 Å². The molecule has 2 aliphatic rings. The van der Waals surface area contributed by atoms with Crippen LogP contribution in [0, 0.1) is 5.92 Å². The molecule has 7 heteroatoms. The van der Waals surface area contributed by atoms with Crippen molar-refractivity contribution < 1.29 is 28.9 Å². The molecule has 0 bridgehead atoms. The van der Waals surface area contributed by atoms with Gasteiger partial charge in [0.2, 0.25) is 0 Å². The number of rotatable bonds is 5. The Morgan fingerprint density at radius 1 is 1.10 bits per heavy atom. The number of methoxy groups -OCH3 is 1. The van der Waals surface area contributed by atoms with Gasteiger partial charge in [-0.15, -0.1) is 0 Å². The van der Waals surface area contributed by atoms with E-state index in [0.29, 0.717) is 18.0 Å². The summed E-state index contributed by atoms with van der Waals surface area (Å²) >= 11 is 0. The summed E-state index contributed by atoms with van der Waals surface area (Å²) in [6.07, 6.45) is 4.02. The molecule has 2 unspecified atom stereocenters. The number of ether oxygens (including phenoxy) is 3. The molecule has 1 N–H and O–H groups in total. The van der Waals surface area contributed by atoms with E-state index >= 15 is 0 Å². The lowest BCUT2D eigenvalue weighted by Crippen LogP contribution is -2.35. The SMILES string of the molecule is COc1ccc(C2CN(C(=O)OC(C)(C)C)CC2C(=O)O)cc1OC1CCCC1. The van der Waals surface area contributed by atoms with E-state index in [9.17, 15) is 14.7 Å². The lowest BCUT2D eigenvalue weighted by molar-refractivity contribution is -0.141. The summed E-state index contributed by atoms with van der Waals surface area (Å²) in [6, 6.07) is 5.55. The van der Waals surface area contributed by atoms with Crippen molar-refractivity contribution >= 4 is 12.1 Å². The number of nitrogens with zero attached hydrogens (tertiary/aromatic N) is 1. The molecule has 0 aromatic heterocycles. The van der Waals surface area contributed by atoms with E-state index < -0.39 is 23.6 Å². The highest BCUT2D eigenvalue weighted by Gasteiger charge is 2.42. The minimum atomic E-state index is -0.921. The van der Waals surface area contributed by atoms with Crippen LogP contribution in [0.4, 0.5) is 4.79 Å². The Bertz CT molecular complexity index is 750. The molecule has 1 heterocycles. The zero-order valence-electron chi connectivity index (χ0n) is 17.6. The minimum absolute atomic E-state index is 0.125. The van der Waals surface area contributed by atoms with Gasteiger partial charge >= 0.3 is 12.1 Å². The Morgan fingerprint density at radius 2 is 1.79 bits per heavy atom. The first-order valence-corrected chi connectivity index (χ1v) is 10.2. The van der Waals surface area contributed by atoms with E-state index in [-0.39, 0.29) is 18.6 Å². The van der Waals surface area contributed by atoms with Gasteiger partial charge in [0.15, 0.2) is 11.5 Å². The standard InChI is InChI=1S/C22H31NO6/c1-22(2,3)29-21(26)23-12-16(17(13-23)20(24)25)14-9-10-18(27-4)19(11-14)28-15-7-5-6-8-15/h9-11,15-17H,5-8,12-13H2,1-4H3,(H,24,25). The van der Waals surface area contributed by atoms with Gasteiger partial charge in [-0.3, -0.25) is 4.79 Å². The van der Waals surface area contributed by atoms with Gasteiger partial charge < -0.3 is 24.2 Å². The third-order valence-electron chi connectivity index (χ3n) is 5.50. The van der Waals surface area contributed by atoms with Crippen LogP contribution in [0.3, 0.4) is 0 Å². The normalized spacial score (nSPS) is 22.6. The zero-order chi connectivity index (χ0) is 21.2. The molecule has 3 rings (SSSR count). The number of amides is 1. The van der Waals surface area contributed by atoms with Gasteiger partial charge in [0.1, 0.15) is 5.60 Å². The molecule has 1 aliphatic carbocycles. The summed E-state index contributed by atoms with van der Waals surface area (Å²) < 4.78 is 17.0. The van der Waals surface area contributed by atoms with Crippen molar-refractivity contribution in [3.05, 3.63) is 23.8 Å². The van der Waals surface area contributed by atoms with Crippen molar-refractivity contribution in [1.82, 2.24) is 4.90 Å². The van der Waals surface area contributed by atoms with Crippen LogP contribution in [0.1, 0.15) is 57.9 Å². The fraction of sp³-hybridized carbons (Fsp3) is 0.636. The fourth-order valence-electron chi connectivity index (χ4n) is 4.07. The zero-order valence-corrected chi connectivity index (χ0v) is 17.6. The number of hydrogen-bond acceptors (Lipinski definition) is 5. The number of carboxylic acids is 1. The smallest absolute Gasteiger partial charge is 0.410 e. The van der Waals surface area contributed by atoms with Crippen molar-refractivity contribution in [2.24, 2.45) is 5.92 Å². The van der Waals surface area contributed by atoms with Gasteiger partial charge in [-0.05, 0) is 64.2 Å². The van der Waals surface area contributed by atoms with E-state index in [4.69, 9.17) is 14.2 Å². The van der Waals surface area contributed by atoms with Gasteiger partial charge in [0.05, 0.1) is 19.1 Å². The number of likely N-dealkylation sites (tertiary alicyclic amines) is 1. The molecule has 1 aliphatic heterocycles. The molecule has 2 fully saturated rings. The number of benzene rings is 1. The number of carbonyl (C=O) groups excluding carboxylic acids is 1. The van der Waals surface area contributed by atoms with Crippen LogP contribution < -0.4 is 9.47 Å². The Hall–Kier alpha value is -2.44. The van der Waals surface area contributed by atoms with Gasteiger partial charge in [-0.1, -0.05) is 6.07 Å². The molecule has 2 atom stereocenters. The summed E-state index contributed by atoms with van der Waals surface area (Å²) in [7, 11) is 1.59. The van der Waals surface area contributed by atoms with E-state index in [1.54, 1.807) is 27.9 Å². The molecule has 29 heavy (non-hydrogen) atoms. The van der Waals surface area contributed by atoms with Crippen molar-refractivity contribution in [1.29, 1.82) is 0 Å². The molecule has 0 radical (unpaired) electrons. The van der Waals surface area contributed by atoms with E-state index in [1.807, 2.05) is 18.2 Å². The maximum atomic E-state index is 12.5. The Balaban J connectivity index is 1.83. The van der Waals surface area contributed by atoms with Crippen LogP contribution >= 0.6 is 0 Å². The van der Waals surface area contributed by atoms with Crippen LogP contribution in [-0.2, 0) is 9.53 Å². The predicted molar refractivity (Wildman–Crippen MR) is 108 cm³/mol. The largest absolute Gasteiger partial charge is 0.493 e. The van der Waals surface area contributed by atoms with Gasteiger partial charge in [-0.25, -0.2) is 4.79 Å². The topological polar surface area (TPSA) is 85.3 Å². The van der Waals surface area contributed by atoms with Crippen LogP contribution in [0.15, 0.2) is 18.2 Å². The Labute approximate surface area is 171 Å². The molecular formula is C22H31NO6. The molecule has 1 saturated carbocycles. The average molecular weight is 405 g/mol. The molecular weight excluding hydrogens is 374 g/mol. The maximum Gasteiger partial charge on any atom is 0.410 e. The second kappa shape index (κ2) is 8.51. The number of aliphatic carboxylic acids is 1. The molecule has 160 valence electrons. The summed E-state index contributed by atoms with van der Waals surface area (Å²) in [5, 5.41) is 9.74. The minimum Gasteiger partial charge on any atom is -0.493 e. The number of carboxylic acid groups (broad SMARTS) is 1. The van der Waals surface area contributed by atoms with Crippen LogP contribution in [0.25, 0.3) is 0 Å². The Kier molecular flexibility index (Phi) is 6.24. The number of hydrogen-bond donors (Lipinski definition) is 1. The quantitative estimate of drug-likeness (QED) is 0.795. The average Bonchev–Trinajstić information content (AvgIpc) is 3.30. The second-order valence-corrected chi connectivity index (χ2v) is 8.87. The fourth-order valence-corrected chi connectivity index (χ4v) is 4.07. The van der Waals surface area contributed by atoms with Crippen molar-refractivity contribution in [3.63, 3.8) is 0 Å². The summed E-state index contributed by atoms with van der Waals surface area (Å²) in [4.78, 5) is 25.8. The highest BCUT2D eigenvalue weighted by atomic mass is 16.6. The first-order valence-electron chi connectivity index (χ1n) is 10.2. The molecule has 1 saturated heterocycles. The van der Waals surface area contributed by atoms with Gasteiger partial charge in [0, 0.05) is 19.0 Å². The number of carbonyl (C=O) groups is 2. The lowest BCUT2D eigenvalue weighted by Gasteiger charge is -2.24. The second-order valence-electron chi connectivity index (χ2n) is 8.87. The van der Waals surface area contributed by atoms with E-state index in [2.05, 4.69) is 0 Å². The molecule has 1 amide bonds. The molecule has 7 nitrogen and oxygen atoms in total. The third-order valence-corrected chi connectivity index (χ3v) is 5.50. The highest BCUT2D eigenvalue weighted by molar-refractivity contribution is 5.76. The summed E-state index contributed by atoms with van der Waals surface area (Å²) in [5.74, 6) is -0.687. The van der Waals surface area contributed by atoms with Crippen LogP contribution in [0.2, 0.25) is 0 Å². The molecule has 1 aromatic rings. The van der Waals surface area contributed by atoms with Crippen molar-refractivity contribution in [2.45, 2.75) is 64.1 Å². The molecule has 1 aromatic carbocycles. The van der Waals surface area contributed by atoms with Crippen LogP contribution in [0.5, 0.6) is 11.5 Å². The third kappa shape index (κ3) is 5.14. The first kappa shape index (κ1) is 21.3. The van der Waals surface area contributed by atoms with Crippen LogP contribution in [-0.4, -0.2) is 54.0 Å². The Morgan fingerprint density at radius 3 is 2.38 bits per heavy atom.